The van der Waals surface area contributed by atoms with E-state index >= 15 is 0 Å². The Bertz CT molecular complexity index is 148. The first-order chi connectivity index (χ1) is 5.54. The Morgan fingerprint density at radius 3 is 1.79 bits per heavy atom. The fourth-order valence-electron chi connectivity index (χ4n) is 0.618. The summed E-state index contributed by atoms with van der Waals surface area (Å²) >= 11 is 0. The second kappa shape index (κ2) is 10.1. The van der Waals surface area contributed by atoms with Crippen molar-refractivity contribution in [2.75, 3.05) is 6.61 Å². The molecule has 0 aromatic heterocycles. The van der Waals surface area contributed by atoms with Gasteiger partial charge in [0.25, 0.3) is 0 Å². The quantitative estimate of drug-likeness (QED) is 0.252. The van der Waals surface area contributed by atoms with E-state index < -0.39 is 31.0 Å². The molecular formula is C6H15AlFeO6. The molecule has 0 radical (unpaired) electrons. The van der Waals surface area contributed by atoms with Crippen LogP contribution in [-0.4, -0.2) is 80.2 Å². The fourth-order valence-corrected chi connectivity index (χ4v) is 0.618. The largest absolute Gasteiger partial charge is 0.394 e. The third kappa shape index (κ3) is 6.09. The number of aldehydes is 1. The minimum Gasteiger partial charge on any atom is -0.394 e. The average molecular weight is 266 g/mol. The number of carbonyl (C=O) groups is 1. The number of carbonyl (C=O) groups excluding carboxylic acids is 1. The molecule has 0 heterocycles. The van der Waals surface area contributed by atoms with Crippen molar-refractivity contribution in [3.8, 4) is 0 Å². The number of rotatable bonds is 5. The van der Waals surface area contributed by atoms with E-state index in [1.54, 1.807) is 0 Å². The Morgan fingerprint density at radius 1 is 1.07 bits per heavy atom. The molecule has 4 unspecified atom stereocenters. The molecule has 0 aromatic carbocycles. The van der Waals surface area contributed by atoms with Gasteiger partial charge in [-0.1, -0.05) is 0 Å². The van der Waals surface area contributed by atoms with Crippen LogP contribution < -0.4 is 0 Å². The number of hydrogen-bond donors (Lipinski definition) is 5. The Balaban J connectivity index is -0.000000605. The van der Waals surface area contributed by atoms with Gasteiger partial charge >= 0.3 is 0 Å². The predicted octanol–water partition coefficient (Wildman–Crippen LogP) is -4.57. The van der Waals surface area contributed by atoms with Crippen molar-refractivity contribution < 1.29 is 47.4 Å². The molecule has 0 amide bonds. The third-order valence-corrected chi connectivity index (χ3v) is 1.42. The Hall–Kier alpha value is 0.522. The topological polar surface area (TPSA) is 118 Å². The minimum absolute atomic E-state index is 0. The summed E-state index contributed by atoms with van der Waals surface area (Å²) in [5, 5.41) is 43.5. The van der Waals surface area contributed by atoms with Crippen LogP contribution in [0.1, 0.15) is 0 Å². The van der Waals surface area contributed by atoms with Gasteiger partial charge in [-0.2, -0.15) is 0 Å². The van der Waals surface area contributed by atoms with Crippen LogP contribution in [0.2, 0.25) is 0 Å². The number of aliphatic hydroxyl groups is 5. The van der Waals surface area contributed by atoms with Gasteiger partial charge in [0.2, 0.25) is 0 Å². The van der Waals surface area contributed by atoms with E-state index in [2.05, 4.69) is 0 Å². The molecule has 0 aliphatic heterocycles. The van der Waals surface area contributed by atoms with Gasteiger partial charge in [-0.3, -0.25) is 0 Å². The SMILES string of the molecule is O=CC(O)C(O)C(O)C(O)CO.[AlH3].[Fe]. The average Bonchev–Trinajstić information content (AvgIpc) is 2.12. The normalized spacial score (nSPS) is 18.1. The molecule has 0 saturated carbocycles. The summed E-state index contributed by atoms with van der Waals surface area (Å²) in [5.41, 5.74) is 0. The maximum absolute atomic E-state index is 9.90. The number of aliphatic hydroxyl groups excluding tert-OH is 5. The van der Waals surface area contributed by atoms with E-state index in [0.29, 0.717) is 0 Å². The minimum atomic E-state index is -1.79. The predicted molar refractivity (Wildman–Crippen MR) is 47.1 cm³/mol. The standard InChI is InChI=1S/C6H12O6.Al.Fe.3H/c7-1-3(9)5(11)6(12)4(10)2-8;;;;;/h1,3-6,8-12H,2H2;;;;;. The molecule has 0 aromatic rings. The first-order valence-electron chi connectivity index (χ1n) is 3.33. The van der Waals surface area contributed by atoms with Crippen molar-refractivity contribution in [3.63, 3.8) is 0 Å². The van der Waals surface area contributed by atoms with Gasteiger partial charge in [-0.05, 0) is 0 Å². The van der Waals surface area contributed by atoms with Crippen LogP contribution in [-0.2, 0) is 21.9 Å². The zero-order valence-corrected chi connectivity index (χ0v) is 7.70. The molecule has 5 N–H and O–H groups in total. The maximum Gasteiger partial charge on any atom is 0.187 e. The van der Waals surface area contributed by atoms with Crippen LogP contribution in [0.4, 0.5) is 0 Å². The molecule has 0 spiro atoms. The summed E-state index contributed by atoms with van der Waals surface area (Å²) in [7, 11) is 0. The summed E-state index contributed by atoms with van der Waals surface area (Å²) in [6.07, 6.45) is -6.84. The molecule has 6 nitrogen and oxygen atoms in total. The van der Waals surface area contributed by atoms with Crippen LogP contribution in [0.3, 0.4) is 0 Å². The number of hydrogen-bond acceptors (Lipinski definition) is 6. The molecule has 4 atom stereocenters. The van der Waals surface area contributed by atoms with Gasteiger partial charge < -0.3 is 30.3 Å². The molecule has 0 bridgehead atoms. The van der Waals surface area contributed by atoms with Crippen molar-refractivity contribution in [1.29, 1.82) is 0 Å². The van der Waals surface area contributed by atoms with Crippen molar-refractivity contribution in [2.45, 2.75) is 24.4 Å². The monoisotopic (exact) mass is 266 g/mol. The molecule has 14 heavy (non-hydrogen) atoms. The summed E-state index contributed by atoms with van der Waals surface area (Å²) in [4.78, 5) is 9.90. The van der Waals surface area contributed by atoms with Crippen molar-refractivity contribution in [2.24, 2.45) is 0 Å². The zero-order valence-electron chi connectivity index (χ0n) is 6.59. The van der Waals surface area contributed by atoms with E-state index in [4.69, 9.17) is 25.5 Å². The van der Waals surface area contributed by atoms with Gasteiger partial charge in [0.15, 0.2) is 23.6 Å². The van der Waals surface area contributed by atoms with Crippen molar-refractivity contribution >= 4 is 23.6 Å². The van der Waals surface area contributed by atoms with Gasteiger partial charge in [-0.25, -0.2) is 0 Å². The molecule has 0 saturated heterocycles. The Labute approximate surface area is 102 Å². The first kappa shape index (κ1) is 20.0. The summed E-state index contributed by atoms with van der Waals surface area (Å²) in [6, 6.07) is 0. The van der Waals surface area contributed by atoms with Crippen LogP contribution in [0.15, 0.2) is 0 Å². The third-order valence-electron chi connectivity index (χ3n) is 1.42. The smallest absolute Gasteiger partial charge is 0.187 e. The maximum atomic E-state index is 9.90. The van der Waals surface area contributed by atoms with Crippen LogP contribution in [0, 0.1) is 0 Å². The van der Waals surface area contributed by atoms with Crippen molar-refractivity contribution in [3.05, 3.63) is 0 Å². The first-order valence-corrected chi connectivity index (χ1v) is 3.33. The Kier molecular flexibility index (Phi) is 14.4. The molecule has 8 heteroatoms. The second-order valence-electron chi connectivity index (χ2n) is 2.36. The van der Waals surface area contributed by atoms with Gasteiger partial charge in [0, 0.05) is 17.1 Å². The molecule has 86 valence electrons. The van der Waals surface area contributed by atoms with E-state index in [1.165, 1.54) is 0 Å². The van der Waals surface area contributed by atoms with E-state index in [-0.39, 0.29) is 40.7 Å². The molecular weight excluding hydrogens is 251 g/mol. The van der Waals surface area contributed by atoms with Crippen LogP contribution in [0.25, 0.3) is 0 Å². The fraction of sp³-hybridized carbons (Fsp3) is 0.833. The van der Waals surface area contributed by atoms with Crippen LogP contribution >= 0.6 is 0 Å². The Morgan fingerprint density at radius 2 is 1.50 bits per heavy atom. The van der Waals surface area contributed by atoms with E-state index in [9.17, 15) is 4.79 Å². The van der Waals surface area contributed by atoms with E-state index in [1.807, 2.05) is 0 Å². The van der Waals surface area contributed by atoms with E-state index in [0.717, 1.165) is 0 Å². The van der Waals surface area contributed by atoms with Gasteiger partial charge in [0.05, 0.1) is 6.61 Å². The van der Waals surface area contributed by atoms with Gasteiger partial charge in [0.1, 0.15) is 24.4 Å². The summed E-state index contributed by atoms with van der Waals surface area (Å²) < 4.78 is 0. The molecule has 0 fully saturated rings. The van der Waals surface area contributed by atoms with Crippen LogP contribution in [0.5, 0.6) is 0 Å². The summed E-state index contributed by atoms with van der Waals surface area (Å²) in [5.74, 6) is 0. The summed E-state index contributed by atoms with van der Waals surface area (Å²) in [6.45, 7) is -0.760. The van der Waals surface area contributed by atoms with Gasteiger partial charge in [-0.15, -0.1) is 0 Å². The van der Waals surface area contributed by atoms with Crippen molar-refractivity contribution in [1.82, 2.24) is 0 Å². The zero-order chi connectivity index (χ0) is 9.72. The molecule has 0 aliphatic rings. The molecule has 0 rings (SSSR count). The second-order valence-corrected chi connectivity index (χ2v) is 2.36. The molecule has 0 aliphatic carbocycles.